The molecule has 20 heavy (non-hydrogen) atoms. The fraction of sp³-hybridized carbons (Fsp3) is 0.600. The molecule has 0 saturated heterocycles. The highest BCUT2D eigenvalue weighted by molar-refractivity contribution is 5.85. The highest BCUT2D eigenvalue weighted by Gasteiger charge is 2.18. The number of phenols is 1. The Labute approximate surface area is 127 Å². The maximum absolute atomic E-state index is 10.1. The summed E-state index contributed by atoms with van der Waals surface area (Å²) in [4.78, 5) is 0. The number of hydrogen-bond acceptors (Lipinski definition) is 4. The molecule has 0 spiro atoms. The number of ether oxygens (including phenoxy) is 1. The monoisotopic (exact) mass is 303 g/mol. The molecule has 0 aliphatic heterocycles. The first-order valence-electron chi connectivity index (χ1n) is 6.85. The predicted molar refractivity (Wildman–Crippen MR) is 83.5 cm³/mol. The van der Waals surface area contributed by atoms with Gasteiger partial charge in [0.05, 0.1) is 18.8 Å². The fourth-order valence-electron chi connectivity index (χ4n) is 1.91. The summed E-state index contributed by atoms with van der Waals surface area (Å²) in [7, 11) is 0. The van der Waals surface area contributed by atoms with Crippen LogP contribution in [0.5, 0.6) is 11.5 Å². The number of aliphatic hydroxyl groups is 1. The lowest BCUT2D eigenvalue weighted by Gasteiger charge is -2.21. The van der Waals surface area contributed by atoms with E-state index in [0.29, 0.717) is 24.7 Å². The van der Waals surface area contributed by atoms with Crippen molar-refractivity contribution in [3.63, 3.8) is 0 Å². The smallest absolute Gasteiger partial charge is 0.161 e. The Morgan fingerprint density at radius 3 is 2.45 bits per heavy atom. The number of halogens is 1. The van der Waals surface area contributed by atoms with E-state index in [2.05, 4.69) is 13.8 Å². The lowest BCUT2D eigenvalue weighted by Crippen LogP contribution is -2.26. The quantitative estimate of drug-likeness (QED) is 0.724. The molecule has 0 radical (unpaired) electrons. The highest BCUT2D eigenvalue weighted by Crippen LogP contribution is 2.30. The van der Waals surface area contributed by atoms with Crippen molar-refractivity contribution in [2.75, 3.05) is 6.61 Å². The molecule has 0 fully saturated rings. The van der Waals surface area contributed by atoms with Crippen LogP contribution >= 0.6 is 12.4 Å². The van der Waals surface area contributed by atoms with Gasteiger partial charge in [-0.15, -0.1) is 12.4 Å². The normalized spacial score (nSPS) is 13.7. The van der Waals surface area contributed by atoms with Crippen LogP contribution in [0.3, 0.4) is 0 Å². The van der Waals surface area contributed by atoms with Crippen molar-refractivity contribution >= 4 is 12.4 Å². The van der Waals surface area contributed by atoms with E-state index >= 15 is 0 Å². The zero-order valence-corrected chi connectivity index (χ0v) is 13.2. The van der Waals surface area contributed by atoms with E-state index in [4.69, 9.17) is 10.5 Å². The lowest BCUT2D eigenvalue weighted by molar-refractivity contribution is 0.128. The molecular formula is C15H26ClNO3. The van der Waals surface area contributed by atoms with Gasteiger partial charge in [-0.2, -0.15) is 0 Å². The summed E-state index contributed by atoms with van der Waals surface area (Å²) in [5.41, 5.74) is 6.83. The molecule has 2 atom stereocenters. The zero-order valence-electron chi connectivity index (χ0n) is 12.4. The summed E-state index contributed by atoms with van der Waals surface area (Å²) in [6.07, 6.45) is 1.02. The van der Waals surface area contributed by atoms with Crippen LogP contribution in [0, 0.1) is 5.92 Å². The molecule has 0 amide bonds. The van der Waals surface area contributed by atoms with E-state index in [1.165, 1.54) is 0 Å². The van der Waals surface area contributed by atoms with Crippen LogP contribution in [0.2, 0.25) is 0 Å². The van der Waals surface area contributed by atoms with Crippen molar-refractivity contribution < 1.29 is 14.9 Å². The molecule has 116 valence electrons. The van der Waals surface area contributed by atoms with E-state index in [1.54, 1.807) is 18.2 Å². The summed E-state index contributed by atoms with van der Waals surface area (Å²) in [6.45, 7) is 6.56. The summed E-state index contributed by atoms with van der Waals surface area (Å²) in [5.74, 6) is 1.04. The lowest BCUT2D eigenvalue weighted by atomic mass is 9.96. The summed E-state index contributed by atoms with van der Waals surface area (Å²) in [6, 6.07) is 4.51. The van der Waals surface area contributed by atoms with Gasteiger partial charge in [0.15, 0.2) is 11.5 Å². The van der Waals surface area contributed by atoms with Crippen molar-refractivity contribution in [1.82, 2.24) is 0 Å². The van der Waals surface area contributed by atoms with Crippen molar-refractivity contribution in [3.05, 3.63) is 23.8 Å². The molecule has 0 aromatic heterocycles. The molecule has 1 rings (SSSR count). The highest BCUT2D eigenvalue weighted by atomic mass is 35.5. The van der Waals surface area contributed by atoms with Crippen LogP contribution in [-0.4, -0.2) is 22.9 Å². The van der Waals surface area contributed by atoms with Gasteiger partial charge >= 0.3 is 0 Å². The van der Waals surface area contributed by atoms with Crippen LogP contribution in [-0.2, 0) is 0 Å². The van der Waals surface area contributed by atoms with Crippen molar-refractivity contribution in [3.8, 4) is 11.5 Å². The van der Waals surface area contributed by atoms with Crippen LogP contribution in [0.15, 0.2) is 18.2 Å². The van der Waals surface area contributed by atoms with Gasteiger partial charge < -0.3 is 20.7 Å². The topological polar surface area (TPSA) is 75.7 Å². The minimum Gasteiger partial charge on any atom is -0.504 e. The molecule has 0 aliphatic carbocycles. The Morgan fingerprint density at radius 1 is 1.25 bits per heavy atom. The molecule has 4 N–H and O–H groups in total. The fourth-order valence-corrected chi connectivity index (χ4v) is 1.91. The van der Waals surface area contributed by atoms with Gasteiger partial charge in [0.25, 0.3) is 0 Å². The molecule has 0 unspecified atom stereocenters. The molecule has 0 heterocycles. The Hall–Kier alpha value is -0.970. The van der Waals surface area contributed by atoms with Gasteiger partial charge in [0, 0.05) is 0 Å². The van der Waals surface area contributed by atoms with E-state index < -0.39 is 12.1 Å². The second kappa shape index (κ2) is 9.06. The molecule has 1 aromatic carbocycles. The number of hydrogen-bond donors (Lipinski definition) is 3. The first-order valence-corrected chi connectivity index (χ1v) is 6.85. The Morgan fingerprint density at radius 2 is 1.90 bits per heavy atom. The molecule has 4 nitrogen and oxygen atoms in total. The Kier molecular flexibility index (Phi) is 8.62. The summed E-state index contributed by atoms with van der Waals surface area (Å²) < 4.78 is 5.32. The summed E-state index contributed by atoms with van der Waals surface area (Å²) >= 11 is 0. The SMILES string of the molecule is CCOc1cc([C@H](N)[C@H](O)CCC(C)C)ccc1O.Cl. The van der Waals surface area contributed by atoms with Crippen molar-refractivity contribution in [2.45, 2.75) is 45.8 Å². The maximum atomic E-state index is 10.1. The Bertz CT molecular complexity index is 399. The maximum Gasteiger partial charge on any atom is 0.161 e. The first-order chi connectivity index (χ1) is 8.95. The average molecular weight is 304 g/mol. The van der Waals surface area contributed by atoms with Crippen LogP contribution in [0.4, 0.5) is 0 Å². The number of phenolic OH excluding ortho intramolecular Hbond substituents is 1. The van der Waals surface area contributed by atoms with E-state index in [1.807, 2.05) is 6.92 Å². The second-order valence-electron chi connectivity index (χ2n) is 5.22. The zero-order chi connectivity index (χ0) is 14.4. The number of rotatable bonds is 7. The molecule has 1 aromatic rings. The average Bonchev–Trinajstić information content (AvgIpc) is 2.38. The molecule has 0 saturated carbocycles. The van der Waals surface area contributed by atoms with Gasteiger partial charge in [-0.25, -0.2) is 0 Å². The number of nitrogens with two attached hydrogens (primary N) is 1. The number of aliphatic hydroxyl groups excluding tert-OH is 1. The van der Waals surface area contributed by atoms with Gasteiger partial charge in [-0.3, -0.25) is 0 Å². The van der Waals surface area contributed by atoms with Crippen LogP contribution in [0.25, 0.3) is 0 Å². The van der Waals surface area contributed by atoms with Gasteiger partial charge in [-0.1, -0.05) is 19.9 Å². The van der Waals surface area contributed by atoms with Gasteiger partial charge in [0.1, 0.15) is 0 Å². The van der Waals surface area contributed by atoms with Crippen LogP contribution < -0.4 is 10.5 Å². The molecule has 0 bridgehead atoms. The second-order valence-corrected chi connectivity index (χ2v) is 5.22. The van der Waals surface area contributed by atoms with Crippen molar-refractivity contribution in [1.29, 1.82) is 0 Å². The summed E-state index contributed by atoms with van der Waals surface area (Å²) in [5, 5.41) is 19.7. The third kappa shape index (κ3) is 5.57. The third-order valence-electron chi connectivity index (χ3n) is 3.12. The van der Waals surface area contributed by atoms with E-state index in [9.17, 15) is 10.2 Å². The van der Waals surface area contributed by atoms with Gasteiger partial charge in [0.2, 0.25) is 0 Å². The van der Waals surface area contributed by atoms with E-state index in [0.717, 1.165) is 12.0 Å². The van der Waals surface area contributed by atoms with E-state index in [-0.39, 0.29) is 18.2 Å². The number of aromatic hydroxyl groups is 1. The molecule has 0 aliphatic rings. The minimum absolute atomic E-state index is 0. The van der Waals surface area contributed by atoms with Crippen molar-refractivity contribution in [2.24, 2.45) is 11.7 Å². The third-order valence-corrected chi connectivity index (χ3v) is 3.12. The predicted octanol–water partition coefficient (Wildman–Crippen LogP) is 3.01. The molecule has 5 heteroatoms. The molecular weight excluding hydrogens is 278 g/mol. The minimum atomic E-state index is -0.582. The largest absolute Gasteiger partial charge is 0.504 e. The standard InChI is InChI=1S/C15H25NO3.ClH/c1-4-19-14-9-11(6-8-12(14)17)15(16)13(18)7-5-10(2)3;/h6,8-10,13,15,17-18H,4-5,7,16H2,1-3H3;1H/t13-,15+;/m1./s1. The number of benzene rings is 1. The first kappa shape index (κ1) is 19.0. The van der Waals surface area contributed by atoms with Gasteiger partial charge in [-0.05, 0) is 43.4 Å². The van der Waals surface area contributed by atoms with Crippen LogP contribution in [0.1, 0.15) is 45.2 Å². The Balaban J connectivity index is 0.00000361.